The number of nitrogens with zero attached hydrogens (tertiary/aromatic N) is 2. The summed E-state index contributed by atoms with van der Waals surface area (Å²) in [5, 5.41) is 7.59. The summed E-state index contributed by atoms with van der Waals surface area (Å²) in [6, 6.07) is 0.338. The van der Waals surface area contributed by atoms with Crippen molar-refractivity contribution in [2.45, 2.75) is 26.4 Å². The van der Waals surface area contributed by atoms with Gasteiger partial charge in [0.1, 0.15) is 0 Å². The van der Waals surface area contributed by atoms with Gasteiger partial charge in [-0.1, -0.05) is 0 Å². The number of ether oxygens (including phenoxy) is 1. The van der Waals surface area contributed by atoms with Crippen LogP contribution in [0.4, 0.5) is 0 Å². The van der Waals surface area contributed by atoms with Crippen LogP contribution in [0.2, 0.25) is 0 Å². The van der Waals surface area contributed by atoms with Gasteiger partial charge in [-0.25, -0.2) is 0 Å². The van der Waals surface area contributed by atoms with E-state index >= 15 is 0 Å². The Morgan fingerprint density at radius 2 is 2.43 bits per heavy atom. The molecule has 1 heterocycles. The summed E-state index contributed by atoms with van der Waals surface area (Å²) in [5.74, 6) is 0. The Balaban J connectivity index is 2.39. The fourth-order valence-corrected chi connectivity index (χ4v) is 1.27. The molecule has 1 unspecified atom stereocenters. The molecule has 0 aliphatic carbocycles. The molecule has 1 rings (SSSR count). The maximum atomic E-state index is 4.97. The smallest absolute Gasteiger partial charge is 0.0587 e. The van der Waals surface area contributed by atoms with Crippen molar-refractivity contribution < 1.29 is 4.74 Å². The largest absolute Gasteiger partial charge is 0.383 e. The molecule has 0 aliphatic heterocycles. The molecule has 0 saturated heterocycles. The Morgan fingerprint density at radius 1 is 1.64 bits per heavy atom. The summed E-state index contributed by atoms with van der Waals surface area (Å²) in [5.41, 5.74) is 1.22. The number of nitrogens with one attached hydrogen (secondary N) is 1. The zero-order valence-corrected chi connectivity index (χ0v) is 9.16. The van der Waals surface area contributed by atoms with Crippen molar-refractivity contribution in [2.75, 3.05) is 20.3 Å². The van der Waals surface area contributed by atoms with Gasteiger partial charge in [0, 0.05) is 38.0 Å². The molecule has 0 aromatic carbocycles. The molecule has 14 heavy (non-hydrogen) atoms. The topological polar surface area (TPSA) is 39.1 Å². The average Bonchev–Trinajstić information content (AvgIpc) is 2.66. The molecule has 1 aromatic rings. The Morgan fingerprint density at radius 3 is 3.00 bits per heavy atom. The summed E-state index contributed by atoms with van der Waals surface area (Å²) in [6.45, 7) is 6.75. The maximum Gasteiger partial charge on any atom is 0.0587 e. The van der Waals surface area contributed by atoms with Gasteiger partial charge in [0.2, 0.25) is 0 Å². The molecular weight excluding hydrogens is 178 g/mol. The molecule has 0 aliphatic rings. The first kappa shape index (κ1) is 11.2. The van der Waals surface area contributed by atoms with Crippen LogP contribution in [0.5, 0.6) is 0 Å². The molecule has 80 valence electrons. The minimum atomic E-state index is 0.338. The van der Waals surface area contributed by atoms with E-state index < -0.39 is 0 Å². The van der Waals surface area contributed by atoms with Gasteiger partial charge in [0.05, 0.1) is 12.8 Å². The number of methoxy groups -OCH3 is 1. The van der Waals surface area contributed by atoms with E-state index in [1.165, 1.54) is 5.56 Å². The highest BCUT2D eigenvalue weighted by Crippen LogP contribution is 2.09. The van der Waals surface area contributed by atoms with Gasteiger partial charge in [-0.15, -0.1) is 0 Å². The Hall–Kier alpha value is -0.870. The van der Waals surface area contributed by atoms with Crippen molar-refractivity contribution in [3.63, 3.8) is 0 Å². The highest BCUT2D eigenvalue weighted by Gasteiger charge is 2.06. The lowest BCUT2D eigenvalue weighted by atomic mass is 10.2. The van der Waals surface area contributed by atoms with E-state index in [1.54, 1.807) is 7.11 Å². The molecule has 0 bridgehead atoms. The van der Waals surface area contributed by atoms with Crippen LogP contribution in [0.15, 0.2) is 12.4 Å². The van der Waals surface area contributed by atoms with Crippen LogP contribution in [0.3, 0.4) is 0 Å². The first-order valence-corrected chi connectivity index (χ1v) is 5.02. The second-order valence-electron chi connectivity index (χ2n) is 3.30. The van der Waals surface area contributed by atoms with Crippen molar-refractivity contribution in [3.8, 4) is 0 Å². The predicted octanol–water partition coefficient (Wildman–Crippen LogP) is 1.20. The number of aryl methyl sites for hydroxylation is 1. The van der Waals surface area contributed by atoms with Gasteiger partial charge in [0.25, 0.3) is 0 Å². The van der Waals surface area contributed by atoms with Gasteiger partial charge in [-0.3, -0.25) is 4.68 Å². The van der Waals surface area contributed by atoms with Crippen molar-refractivity contribution >= 4 is 0 Å². The van der Waals surface area contributed by atoms with Gasteiger partial charge in [-0.05, 0) is 13.8 Å². The normalized spacial score (nSPS) is 13.1. The lowest BCUT2D eigenvalue weighted by Gasteiger charge is -2.10. The summed E-state index contributed by atoms with van der Waals surface area (Å²) < 4.78 is 6.91. The lowest BCUT2D eigenvalue weighted by molar-refractivity contribution is 0.196. The van der Waals surface area contributed by atoms with Crippen LogP contribution in [-0.4, -0.2) is 30.0 Å². The van der Waals surface area contributed by atoms with Crippen LogP contribution in [0.1, 0.15) is 25.5 Å². The number of rotatable bonds is 6. The number of aromatic nitrogens is 2. The monoisotopic (exact) mass is 197 g/mol. The molecule has 4 nitrogen and oxygen atoms in total. The number of hydrogen-bond acceptors (Lipinski definition) is 3. The molecular formula is C10H19N3O. The van der Waals surface area contributed by atoms with Gasteiger partial charge in [0.15, 0.2) is 0 Å². The summed E-state index contributed by atoms with van der Waals surface area (Å²) in [4.78, 5) is 0. The van der Waals surface area contributed by atoms with Crippen molar-refractivity contribution in [3.05, 3.63) is 18.0 Å². The summed E-state index contributed by atoms with van der Waals surface area (Å²) in [6.07, 6.45) is 3.98. The molecule has 0 spiro atoms. The molecule has 0 fully saturated rings. The minimum absolute atomic E-state index is 0.338. The van der Waals surface area contributed by atoms with E-state index in [4.69, 9.17) is 4.74 Å². The Kier molecular flexibility index (Phi) is 4.62. The van der Waals surface area contributed by atoms with Gasteiger partial charge >= 0.3 is 0 Å². The van der Waals surface area contributed by atoms with E-state index in [1.807, 2.05) is 10.9 Å². The van der Waals surface area contributed by atoms with E-state index in [0.717, 1.165) is 19.7 Å². The highest BCUT2D eigenvalue weighted by atomic mass is 16.5. The molecule has 0 amide bonds. The third kappa shape index (κ3) is 3.12. The predicted molar refractivity (Wildman–Crippen MR) is 56.2 cm³/mol. The van der Waals surface area contributed by atoms with E-state index in [0.29, 0.717) is 6.04 Å². The van der Waals surface area contributed by atoms with Crippen LogP contribution >= 0.6 is 0 Å². The minimum Gasteiger partial charge on any atom is -0.383 e. The second kappa shape index (κ2) is 5.78. The van der Waals surface area contributed by atoms with Gasteiger partial charge < -0.3 is 10.1 Å². The van der Waals surface area contributed by atoms with Gasteiger partial charge in [-0.2, -0.15) is 5.10 Å². The molecule has 4 heteroatoms. The number of hydrogen-bond donors (Lipinski definition) is 1. The summed E-state index contributed by atoms with van der Waals surface area (Å²) in [7, 11) is 1.71. The Labute approximate surface area is 85.3 Å². The standard InChI is InChI=1S/C10H19N3O/c1-4-13-8-10(7-12-13)9(2)11-5-6-14-3/h7-9,11H,4-6H2,1-3H3. The van der Waals surface area contributed by atoms with Crippen LogP contribution < -0.4 is 5.32 Å². The van der Waals surface area contributed by atoms with E-state index in [2.05, 4.69) is 30.5 Å². The fourth-order valence-electron chi connectivity index (χ4n) is 1.27. The fraction of sp³-hybridized carbons (Fsp3) is 0.700. The lowest BCUT2D eigenvalue weighted by Crippen LogP contribution is -2.22. The van der Waals surface area contributed by atoms with Crippen molar-refractivity contribution in [2.24, 2.45) is 0 Å². The molecule has 0 radical (unpaired) electrons. The quantitative estimate of drug-likeness (QED) is 0.696. The third-order valence-electron chi connectivity index (χ3n) is 2.23. The SMILES string of the molecule is CCn1cc(C(C)NCCOC)cn1. The van der Waals surface area contributed by atoms with Crippen molar-refractivity contribution in [1.82, 2.24) is 15.1 Å². The zero-order valence-electron chi connectivity index (χ0n) is 9.16. The van der Waals surface area contributed by atoms with Crippen LogP contribution in [0, 0.1) is 0 Å². The van der Waals surface area contributed by atoms with E-state index in [9.17, 15) is 0 Å². The third-order valence-corrected chi connectivity index (χ3v) is 2.23. The van der Waals surface area contributed by atoms with Crippen LogP contribution in [-0.2, 0) is 11.3 Å². The zero-order chi connectivity index (χ0) is 10.4. The van der Waals surface area contributed by atoms with Crippen LogP contribution in [0.25, 0.3) is 0 Å². The molecule has 1 atom stereocenters. The van der Waals surface area contributed by atoms with Crippen molar-refractivity contribution in [1.29, 1.82) is 0 Å². The van der Waals surface area contributed by atoms with E-state index in [-0.39, 0.29) is 0 Å². The summed E-state index contributed by atoms with van der Waals surface area (Å²) >= 11 is 0. The first-order valence-electron chi connectivity index (χ1n) is 5.02. The first-order chi connectivity index (χ1) is 6.77. The molecule has 1 N–H and O–H groups in total. The molecule has 0 saturated carbocycles. The second-order valence-corrected chi connectivity index (χ2v) is 3.30. The Bertz CT molecular complexity index is 260. The molecule has 1 aromatic heterocycles. The highest BCUT2D eigenvalue weighted by molar-refractivity contribution is 5.08. The maximum absolute atomic E-state index is 4.97. The average molecular weight is 197 g/mol.